The summed E-state index contributed by atoms with van der Waals surface area (Å²) >= 11 is 0. The van der Waals surface area contributed by atoms with Crippen LogP contribution in [0.3, 0.4) is 0 Å². The van der Waals surface area contributed by atoms with Gasteiger partial charge in [-0.25, -0.2) is 4.39 Å². The number of anilines is 1. The summed E-state index contributed by atoms with van der Waals surface area (Å²) in [5, 5.41) is 5.23. The van der Waals surface area contributed by atoms with Gasteiger partial charge in [-0.2, -0.15) is 0 Å². The highest BCUT2D eigenvalue weighted by Crippen LogP contribution is 2.14. The molecule has 7 heteroatoms. The van der Waals surface area contributed by atoms with Gasteiger partial charge < -0.3 is 10.6 Å². The lowest BCUT2D eigenvalue weighted by atomic mass is 10.2. The van der Waals surface area contributed by atoms with E-state index >= 15 is 0 Å². The molecule has 1 atom stereocenters. The summed E-state index contributed by atoms with van der Waals surface area (Å²) in [5.41, 5.74) is 0.197. The highest BCUT2D eigenvalue weighted by atomic mass is 19.1. The van der Waals surface area contributed by atoms with Crippen LogP contribution in [0.2, 0.25) is 0 Å². The van der Waals surface area contributed by atoms with E-state index < -0.39 is 5.82 Å². The molecule has 2 amide bonds. The van der Waals surface area contributed by atoms with E-state index in [1.54, 1.807) is 25.2 Å². The zero-order valence-electron chi connectivity index (χ0n) is 13.5. The van der Waals surface area contributed by atoms with Crippen LogP contribution in [-0.2, 0) is 9.59 Å². The maximum Gasteiger partial charge on any atom is 0.241 e. The molecule has 6 nitrogen and oxygen atoms in total. The number of para-hydroxylation sites is 1. The molecule has 0 saturated carbocycles. The van der Waals surface area contributed by atoms with E-state index in [0.717, 1.165) is 13.1 Å². The summed E-state index contributed by atoms with van der Waals surface area (Å²) in [7, 11) is 1.62. The van der Waals surface area contributed by atoms with E-state index in [1.807, 2.05) is 11.8 Å². The van der Waals surface area contributed by atoms with Gasteiger partial charge in [0.25, 0.3) is 0 Å². The number of piperazine rings is 1. The second-order valence-electron chi connectivity index (χ2n) is 5.63. The Labute approximate surface area is 135 Å². The minimum atomic E-state index is -0.441. The molecule has 1 aliphatic heterocycles. The Morgan fingerprint density at radius 2 is 1.87 bits per heavy atom. The zero-order chi connectivity index (χ0) is 16.8. The molecule has 2 N–H and O–H groups in total. The fourth-order valence-electron chi connectivity index (χ4n) is 2.56. The first-order valence-electron chi connectivity index (χ1n) is 7.73. The van der Waals surface area contributed by atoms with Crippen LogP contribution in [-0.4, -0.2) is 67.4 Å². The minimum absolute atomic E-state index is 0.0104. The number of nitrogens with zero attached hydrogens (tertiary/aromatic N) is 2. The summed E-state index contributed by atoms with van der Waals surface area (Å²) in [4.78, 5) is 27.7. The van der Waals surface area contributed by atoms with Crippen molar-refractivity contribution in [2.24, 2.45) is 0 Å². The van der Waals surface area contributed by atoms with Crippen LogP contribution in [0.5, 0.6) is 0 Å². The molecule has 0 radical (unpaired) electrons. The van der Waals surface area contributed by atoms with Gasteiger partial charge in [0.05, 0.1) is 18.3 Å². The van der Waals surface area contributed by atoms with E-state index in [1.165, 1.54) is 6.07 Å². The number of benzene rings is 1. The average molecular weight is 322 g/mol. The van der Waals surface area contributed by atoms with E-state index in [0.29, 0.717) is 19.6 Å². The van der Waals surface area contributed by atoms with Crippen LogP contribution in [0, 0.1) is 5.82 Å². The smallest absolute Gasteiger partial charge is 0.241 e. The van der Waals surface area contributed by atoms with E-state index in [4.69, 9.17) is 0 Å². The fourth-order valence-corrected chi connectivity index (χ4v) is 2.56. The Kier molecular flexibility index (Phi) is 6.06. The van der Waals surface area contributed by atoms with Gasteiger partial charge in [-0.1, -0.05) is 12.1 Å². The molecular weight excluding hydrogens is 299 g/mol. The van der Waals surface area contributed by atoms with Crippen molar-refractivity contribution in [1.82, 2.24) is 15.1 Å². The monoisotopic (exact) mass is 322 g/mol. The number of carbonyl (C=O) groups is 2. The molecule has 2 rings (SSSR count). The third kappa shape index (κ3) is 4.74. The van der Waals surface area contributed by atoms with Gasteiger partial charge in [0.15, 0.2) is 0 Å². The molecular formula is C16H23FN4O2. The van der Waals surface area contributed by atoms with Crippen molar-refractivity contribution in [1.29, 1.82) is 0 Å². The van der Waals surface area contributed by atoms with Crippen molar-refractivity contribution >= 4 is 17.5 Å². The van der Waals surface area contributed by atoms with Gasteiger partial charge in [0, 0.05) is 33.2 Å². The van der Waals surface area contributed by atoms with Gasteiger partial charge in [0.2, 0.25) is 11.8 Å². The van der Waals surface area contributed by atoms with Crippen LogP contribution in [0.25, 0.3) is 0 Å². The van der Waals surface area contributed by atoms with E-state index in [2.05, 4.69) is 15.5 Å². The first kappa shape index (κ1) is 17.4. The number of hydrogen-bond acceptors (Lipinski definition) is 4. The molecule has 0 aliphatic carbocycles. The first-order chi connectivity index (χ1) is 11.0. The predicted octanol–water partition coefficient (Wildman–Crippen LogP) is 0.516. The van der Waals surface area contributed by atoms with E-state index in [-0.39, 0.29) is 23.5 Å². The number of amides is 2. The van der Waals surface area contributed by atoms with Crippen molar-refractivity contribution in [3.8, 4) is 0 Å². The van der Waals surface area contributed by atoms with Crippen molar-refractivity contribution in [2.45, 2.75) is 13.0 Å². The normalized spacial score (nSPS) is 17.5. The lowest BCUT2D eigenvalue weighted by Crippen LogP contribution is -2.54. The van der Waals surface area contributed by atoms with Crippen LogP contribution < -0.4 is 10.6 Å². The van der Waals surface area contributed by atoms with Gasteiger partial charge in [-0.15, -0.1) is 0 Å². The van der Waals surface area contributed by atoms with Crippen LogP contribution in [0.15, 0.2) is 24.3 Å². The topological polar surface area (TPSA) is 64.7 Å². The third-order valence-corrected chi connectivity index (χ3v) is 4.11. The number of rotatable bonds is 5. The Bertz CT molecular complexity index is 559. The van der Waals surface area contributed by atoms with Crippen molar-refractivity contribution in [3.05, 3.63) is 30.1 Å². The summed E-state index contributed by atoms with van der Waals surface area (Å²) in [6.45, 7) is 5.03. The van der Waals surface area contributed by atoms with Crippen LogP contribution in [0.4, 0.5) is 10.1 Å². The molecule has 1 heterocycles. The van der Waals surface area contributed by atoms with Crippen molar-refractivity contribution in [3.63, 3.8) is 0 Å². The van der Waals surface area contributed by atoms with Crippen molar-refractivity contribution < 1.29 is 14.0 Å². The summed E-state index contributed by atoms with van der Waals surface area (Å²) < 4.78 is 13.6. The molecule has 0 unspecified atom stereocenters. The molecule has 0 spiro atoms. The van der Waals surface area contributed by atoms with Crippen molar-refractivity contribution in [2.75, 3.05) is 45.1 Å². The first-order valence-corrected chi connectivity index (χ1v) is 7.73. The molecule has 126 valence electrons. The Hall–Kier alpha value is -1.99. The van der Waals surface area contributed by atoms with Gasteiger partial charge in [-0.3, -0.25) is 19.4 Å². The summed E-state index contributed by atoms with van der Waals surface area (Å²) in [6.07, 6.45) is 0. The molecule has 1 fully saturated rings. The SMILES string of the molecule is CNC(=O)CN1CCN([C@@H](C)C(=O)Nc2ccccc2F)CC1. The maximum absolute atomic E-state index is 13.6. The second-order valence-corrected chi connectivity index (χ2v) is 5.63. The summed E-state index contributed by atoms with van der Waals surface area (Å²) in [6, 6.07) is 5.77. The molecule has 1 aliphatic rings. The van der Waals surface area contributed by atoms with Gasteiger partial charge in [0.1, 0.15) is 5.82 Å². The molecule has 0 aromatic heterocycles. The number of carbonyl (C=O) groups excluding carboxylic acids is 2. The minimum Gasteiger partial charge on any atom is -0.358 e. The average Bonchev–Trinajstić information content (AvgIpc) is 2.56. The Morgan fingerprint density at radius 3 is 2.48 bits per heavy atom. The lowest BCUT2D eigenvalue weighted by molar-refractivity contribution is -0.124. The molecule has 23 heavy (non-hydrogen) atoms. The quantitative estimate of drug-likeness (QED) is 0.829. The largest absolute Gasteiger partial charge is 0.358 e. The highest BCUT2D eigenvalue weighted by molar-refractivity contribution is 5.94. The number of halogens is 1. The maximum atomic E-state index is 13.6. The zero-order valence-corrected chi connectivity index (χ0v) is 13.5. The molecule has 1 aromatic carbocycles. The van der Waals surface area contributed by atoms with Crippen LogP contribution in [0.1, 0.15) is 6.92 Å². The molecule has 0 bridgehead atoms. The number of nitrogens with one attached hydrogen (secondary N) is 2. The summed E-state index contributed by atoms with van der Waals surface area (Å²) in [5.74, 6) is -0.679. The third-order valence-electron chi connectivity index (χ3n) is 4.11. The number of hydrogen-bond donors (Lipinski definition) is 2. The molecule has 1 aromatic rings. The van der Waals surface area contributed by atoms with Gasteiger partial charge in [-0.05, 0) is 19.1 Å². The fraction of sp³-hybridized carbons (Fsp3) is 0.500. The van der Waals surface area contributed by atoms with Crippen LogP contribution >= 0.6 is 0 Å². The standard InChI is InChI=1S/C16H23FN4O2/c1-12(16(23)19-14-6-4-3-5-13(14)17)21-9-7-20(8-10-21)11-15(22)18-2/h3-6,12H,7-11H2,1-2H3,(H,18,22)(H,19,23)/t12-/m0/s1. The van der Waals surface area contributed by atoms with Gasteiger partial charge >= 0.3 is 0 Å². The number of likely N-dealkylation sites (N-methyl/N-ethyl adjacent to an activating group) is 1. The van der Waals surface area contributed by atoms with E-state index in [9.17, 15) is 14.0 Å². The highest BCUT2D eigenvalue weighted by Gasteiger charge is 2.26. The molecule has 1 saturated heterocycles. The predicted molar refractivity (Wildman–Crippen MR) is 86.6 cm³/mol. The Balaban J connectivity index is 1.84. The second kappa shape index (κ2) is 8.03. The lowest BCUT2D eigenvalue weighted by Gasteiger charge is -2.37. The Morgan fingerprint density at radius 1 is 1.22 bits per heavy atom.